The summed E-state index contributed by atoms with van der Waals surface area (Å²) in [6, 6.07) is 8.35. The third kappa shape index (κ3) is 2.11. The van der Waals surface area contributed by atoms with Gasteiger partial charge in [0.05, 0.1) is 5.92 Å². The van der Waals surface area contributed by atoms with Crippen LogP contribution in [0.25, 0.3) is 0 Å². The topological polar surface area (TPSA) is 37.3 Å². The van der Waals surface area contributed by atoms with Crippen LogP contribution in [0.4, 0.5) is 0 Å². The van der Waals surface area contributed by atoms with Crippen LogP contribution in [0.2, 0.25) is 0 Å². The SMILES string of the molecule is CC(C)(C)c1cccc([C@@H]2C[C@H]2C(=O)O)c1. The lowest BCUT2D eigenvalue weighted by Gasteiger charge is -2.19. The van der Waals surface area contributed by atoms with Crippen molar-refractivity contribution in [1.29, 1.82) is 0 Å². The fourth-order valence-corrected chi connectivity index (χ4v) is 2.07. The van der Waals surface area contributed by atoms with Gasteiger partial charge in [0.25, 0.3) is 0 Å². The highest BCUT2D eigenvalue weighted by molar-refractivity contribution is 5.75. The Bertz CT molecular complexity index is 415. The molecule has 1 saturated carbocycles. The summed E-state index contributed by atoms with van der Waals surface area (Å²) in [6.45, 7) is 6.52. The van der Waals surface area contributed by atoms with Crippen LogP contribution in [0.15, 0.2) is 24.3 Å². The molecule has 0 radical (unpaired) electrons. The minimum atomic E-state index is -0.661. The molecule has 1 aliphatic carbocycles. The number of hydrogen-bond acceptors (Lipinski definition) is 1. The summed E-state index contributed by atoms with van der Waals surface area (Å²) in [4.78, 5) is 10.8. The molecule has 86 valence electrons. The van der Waals surface area contributed by atoms with E-state index in [9.17, 15) is 4.79 Å². The van der Waals surface area contributed by atoms with E-state index in [0.29, 0.717) is 0 Å². The van der Waals surface area contributed by atoms with Gasteiger partial charge in [-0.2, -0.15) is 0 Å². The minimum absolute atomic E-state index is 0.129. The molecule has 2 nitrogen and oxygen atoms in total. The second-order valence-electron chi connectivity index (χ2n) is 5.66. The average molecular weight is 218 g/mol. The van der Waals surface area contributed by atoms with E-state index in [-0.39, 0.29) is 17.3 Å². The Labute approximate surface area is 96.3 Å². The van der Waals surface area contributed by atoms with Crippen molar-refractivity contribution < 1.29 is 9.90 Å². The first-order valence-corrected chi connectivity index (χ1v) is 5.73. The van der Waals surface area contributed by atoms with E-state index in [1.807, 2.05) is 12.1 Å². The highest BCUT2D eigenvalue weighted by Crippen LogP contribution is 2.48. The van der Waals surface area contributed by atoms with Gasteiger partial charge in [-0.1, -0.05) is 45.0 Å². The van der Waals surface area contributed by atoms with E-state index in [4.69, 9.17) is 5.11 Å². The number of carbonyl (C=O) groups is 1. The van der Waals surface area contributed by atoms with Crippen LogP contribution >= 0.6 is 0 Å². The molecule has 0 unspecified atom stereocenters. The van der Waals surface area contributed by atoms with E-state index in [0.717, 1.165) is 6.42 Å². The van der Waals surface area contributed by atoms with E-state index < -0.39 is 5.97 Å². The molecule has 1 aromatic carbocycles. The lowest BCUT2D eigenvalue weighted by molar-refractivity contribution is -0.138. The molecule has 0 spiro atoms. The molecule has 2 heteroatoms. The molecule has 2 atom stereocenters. The third-order valence-corrected chi connectivity index (χ3v) is 3.29. The summed E-state index contributed by atoms with van der Waals surface area (Å²) in [5, 5.41) is 8.91. The Morgan fingerprint density at radius 3 is 2.56 bits per heavy atom. The quantitative estimate of drug-likeness (QED) is 0.827. The Morgan fingerprint density at radius 1 is 1.38 bits per heavy atom. The van der Waals surface area contributed by atoms with E-state index in [1.165, 1.54) is 11.1 Å². The Balaban J connectivity index is 2.22. The molecule has 1 aromatic rings. The highest BCUT2D eigenvalue weighted by Gasteiger charge is 2.44. The molecule has 1 fully saturated rings. The molecule has 0 heterocycles. The summed E-state index contributed by atoms with van der Waals surface area (Å²) in [7, 11) is 0. The molecule has 16 heavy (non-hydrogen) atoms. The number of rotatable bonds is 2. The molecule has 1 aliphatic rings. The van der Waals surface area contributed by atoms with Crippen LogP contribution in [0.5, 0.6) is 0 Å². The molecule has 0 saturated heterocycles. The Morgan fingerprint density at radius 2 is 2.06 bits per heavy atom. The van der Waals surface area contributed by atoms with Gasteiger partial charge >= 0.3 is 5.97 Å². The maximum Gasteiger partial charge on any atom is 0.307 e. The van der Waals surface area contributed by atoms with Gasteiger partial charge in [-0.25, -0.2) is 0 Å². The second kappa shape index (κ2) is 3.62. The Kier molecular flexibility index (Phi) is 2.53. The third-order valence-electron chi connectivity index (χ3n) is 3.29. The number of carboxylic acid groups (broad SMARTS) is 1. The first kappa shape index (κ1) is 11.2. The van der Waals surface area contributed by atoms with Gasteiger partial charge in [0.2, 0.25) is 0 Å². The van der Waals surface area contributed by atoms with Crippen molar-refractivity contribution in [3.8, 4) is 0 Å². The van der Waals surface area contributed by atoms with Gasteiger partial charge in [-0.15, -0.1) is 0 Å². The van der Waals surface area contributed by atoms with E-state index in [1.54, 1.807) is 0 Å². The number of carboxylic acids is 1. The number of aliphatic carboxylic acids is 1. The van der Waals surface area contributed by atoms with Gasteiger partial charge in [-0.3, -0.25) is 4.79 Å². The predicted octanol–water partition coefficient (Wildman–Crippen LogP) is 3.17. The van der Waals surface area contributed by atoms with Crippen LogP contribution in [0.3, 0.4) is 0 Å². The summed E-state index contributed by atoms with van der Waals surface area (Å²) in [6.07, 6.45) is 0.795. The van der Waals surface area contributed by atoms with Crippen LogP contribution in [0.1, 0.15) is 44.2 Å². The lowest BCUT2D eigenvalue weighted by Crippen LogP contribution is -2.11. The predicted molar refractivity (Wildman–Crippen MR) is 63.6 cm³/mol. The number of hydrogen-bond donors (Lipinski definition) is 1. The highest BCUT2D eigenvalue weighted by atomic mass is 16.4. The zero-order valence-corrected chi connectivity index (χ0v) is 10.0. The standard InChI is InChI=1S/C14H18O2/c1-14(2,3)10-6-4-5-9(7-10)11-8-12(11)13(15)16/h4-7,11-12H,8H2,1-3H3,(H,15,16)/t11-,12+/m0/s1. The molecule has 0 aromatic heterocycles. The molecule has 0 amide bonds. The maximum atomic E-state index is 10.8. The van der Waals surface area contributed by atoms with Crippen molar-refractivity contribution in [3.63, 3.8) is 0 Å². The fraction of sp³-hybridized carbons (Fsp3) is 0.500. The zero-order valence-electron chi connectivity index (χ0n) is 10.0. The van der Waals surface area contributed by atoms with Gasteiger partial charge < -0.3 is 5.11 Å². The summed E-state index contributed by atoms with van der Waals surface area (Å²) in [5.74, 6) is -0.582. The second-order valence-corrected chi connectivity index (χ2v) is 5.66. The smallest absolute Gasteiger partial charge is 0.307 e. The normalized spacial score (nSPS) is 24.2. The van der Waals surface area contributed by atoms with Gasteiger partial charge in [-0.05, 0) is 28.9 Å². The molecule has 2 rings (SSSR count). The van der Waals surface area contributed by atoms with Gasteiger partial charge in [0.1, 0.15) is 0 Å². The minimum Gasteiger partial charge on any atom is -0.481 e. The molecule has 0 aliphatic heterocycles. The van der Waals surface area contributed by atoms with Crippen molar-refractivity contribution in [1.82, 2.24) is 0 Å². The Hall–Kier alpha value is -1.31. The summed E-state index contributed by atoms with van der Waals surface area (Å²) < 4.78 is 0. The first-order chi connectivity index (χ1) is 7.39. The maximum absolute atomic E-state index is 10.8. The fourth-order valence-electron chi connectivity index (χ4n) is 2.07. The first-order valence-electron chi connectivity index (χ1n) is 5.73. The number of benzene rings is 1. The van der Waals surface area contributed by atoms with Crippen LogP contribution in [0, 0.1) is 5.92 Å². The molecular weight excluding hydrogens is 200 g/mol. The van der Waals surface area contributed by atoms with E-state index >= 15 is 0 Å². The molecule has 1 N–H and O–H groups in total. The van der Waals surface area contributed by atoms with Crippen molar-refractivity contribution in [2.45, 2.75) is 38.5 Å². The van der Waals surface area contributed by atoms with Crippen LogP contribution < -0.4 is 0 Å². The summed E-state index contributed by atoms with van der Waals surface area (Å²) in [5.41, 5.74) is 2.59. The van der Waals surface area contributed by atoms with Crippen molar-refractivity contribution in [2.75, 3.05) is 0 Å². The molecular formula is C14H18O2. The van der Waals surface area contributed by atoms with E-state index in [2.05, 4.69) is 32.9 Å². The summed E-state index contributed by atoms with van der Waals surface area (Å²) >= 11 is 0. The lowest BCUT2D eigenvalue weighted by atomic mass is 9.85. The monoisotopic (exact) mass is 218 g/mol. The average Bonchev–Trinajstić information content (AvgIpc) is 2.96. The van der Waals surface area contributed by atoms with Gasteiger partial charge in [0.15, 0.2) is 0 Å². The van der Waals surface area contributed by atoms with Crippen molar-refractivity contribution >= 4 is 5.97 Å². The largest absolute Gasteiger partial charge is 0.481 e. The van der Waals surface area contributed by atoms with Crippen molar-refractivity contribution in [3.05, 3.63) is 35.4 Å². The van der Waals surface area contributed by atoms with Gasteiger partial charge in [0, 0.05) is 0 Å². The van der Waals surface area contributed by atoms with Crippen LogP contribution in [-0.2, 0) is 10.2 Å². The van der Waals surface area contributed by atoms with Crippen molar-refractivity contribution in [2.24, 2.45) is 5.92 Å². The van der Waals surface area contributed by atoms with Crippen LogP contribution in [-0.4, -0.2) is 11.1 Å². The molecule has 0 bridgehead atoms. The zero-order chi connectivity index (χ0) is 11.9.